The van der Waals surface area contributed by atoms with Gasteiger partial charge in [0.25, 0.3) is 5.91 Å². The summed E-state index contributed by atoms with van der Waals surface area (Å²) in [4.78, 5) is 26.9. The number of thiophene rings is 1. The first kappa shape index (κ1) is 17.9. The summed E-state index contributed by atoms with van der Waals surface area (Å²) in [6.07, 6.45) is 0. The first-order chi connectivity index (χ1) is 9.50. The molecule has 3 atom stereocenters. The van der Waals surface area contributed by atoms with Gasteiger partial charge in [-0.15, -0.1) is 23.7 Å². The van der Waals surface area contributed by atoms with Crippen LogP contribution in [0.5, 0.6) is 0 Å². The van der Waals surface area contributed by atoms with Crippen LogP contribution in [0.2, 0.25) is 0 Å². The fraction of sp³-hybridized carbons (Fsp3) is 0.571. The zero-order valence-electron chi connectivity index (χ0n) is 12.5. The second-order valence-corrected chi connectivity index (χ2v) is 6.14. The molecular weight excluding hydrogens is 310 g/mol. The van der Waals surface area contributed by atoms with Gasteiger partial charge in [0.15, 0.2) is 0 Å². The summed E-state index contributed by atoms with van der Waals surface area (Å²) in [7, 11) is 0. The predicted octanol–water partition coefficient (Wildman–Crippen LogP) is 1.50. The summed E-state index contributed by atoms with van der Waals surface area (Å²) in [6.45, 7) is 7.32. The van der Waals surface area contributed by atoms with E-state index >= 15 is 0 Å². The summed E-state index contributed by atoms with van der Waals surface area (Å²) in [5, 5.41) is 7.96. The van der Waals surface area contributed by atoms with E-state index in [0.717, 1.165) is 6.54 Å². The van der Waals surface area contributed by atoms with Crippen molar-refractivity contribution in [3.05, 3.63) is 22.4 Å². The van der Waals surface area contributed by atoms with Crippen LogP contribution in [0.1, 0.15) is 30.4 Å². The van der Waals surface area contributed by atoms with Gasteiger partial charge in [-0.05, 0) is 32.2 Å². The lowest BCUT2D eigenvalue weighted by Crippen LogP contribution is -2.60. The van der Waals surface area contributed by atoms with E-state index in [0.29, 0.717) is 11.4 Å². The summed E-state index contributed by atoms with van der Waals surface area (Å²) in [5.41, 5.74) is 0. The van der Waals surface area contributed by atoms with Crippen LogP contribution in [0, 0.1) is 0 Å². The van der Waals surface area contributed by atoms with E-state index in [4.69, 9.17) is 0 Å². The van der Waals surface area contributed by atoms with E-state index in [9.17, 15) is 9.59 Å². The maximum Gasteiger partial charge on any atom is 0.261 e. The van der Waals surface area contributed by atoms with E-state index in [-0.39, 0.29) is 36.3 Å². The fourth-order valence-corrected chi connectivity index (χ4v) is 2.98. The van der Waals surface area contributed by atoms with Crippen molar-refractivity contribution in [3.8, 4) is 0 Å². The average molecular weight is 332 g/mol. The van der Waals surface area contributed by atoms with Gasteiger partial charge in [-0.25, -0.2) is 0 Å². The number of halogens is 1. The molecule has 1 aliphatic heterocycles. The minimum atomic E-state index is -0.502. The molecule has 2 heterocycles. The van der Waals surface area contributed by atoms with Crippen LogP contribution in [0.15, 0.2) is 17.5 Å². The Morgan fingerprint density at radius 1 is 1.48 bits per heavy atom. The van der Waals surface area contributed by atoms with Crippen molar-refractivity contribution < 1.29 is 9.59 Å². The highest BCUT2D eigenvalue weighted by Crippen LogP contribution is 2.12. The third-order valence-electron chi connectivity index (χ3n) is 3.78. The number of carbonyl (C=O) groups is 2. The zero-order chi connectivity index (χ0) is 14.7. The Morgan fingerprint density at radius 2 is 2.19 bits per heavy atom. The first-order valence-corrected chi connectivity index (χ1v) is 7.77. The second kappa shape index (κ2) is 7.77. The highest BCUT2D eigenvalue weighted by atomic mass is 35.5. The Bertz CT molecular complexity index is 481. The number of hydrogen-bond donors (Lipinski definition) is 2. The van der Waals surface area contributed by atoms with E-state index < -0.39 is 6.04 Å². The zero-order valence-corrected chi connectivity index (χ0v) is 14.1. The molecule has 1 saturated heterocycles. The number of piperazine rings is 1. The first-order valence-electron chi connectivity index (χ1n) is 6.89. The summed E-state index contributed by atoms with van der Waals surface area (Å²) in [5.74, 6) is -0.201. The lowest BCUT2D eigenvalue weighted by Gasteiger charge is -2.39. The SMILES string of the molecule is CC(NC(=O)c1cccs1)C(=O)N1CCNC(C)C1C.Cl. The number of carbonyl (C=O) groups excluding carboxylic acids is 2. The number of rotatable bonds is 3. The van der Waals surface area contributed by atoms with Gasteiger partial charge in [0.05, 0.1) is 4.88 Å². The molecule has 118 valence electrons. The largest absolute Gasteiger partial charge is 0.340 e. The third-order valence-corrected chi connectivity index (χ3v) is 4.65. The van der Waals surface area contributed by atoms with Crippen LogP contribution in [0.25, 0.3) is 0 Å². The molecule has 1 aromatic rings. The van der Waals surface area contributed by atoms with Crippen molar-refractivity contribution in [3.63, 3.8) is 0 Å². The van der Waals surface area contributed by atoms with Crippen molar-refractivity contribution in [1.82, 2.24) is 15.5 Å². The normalized spacial score (nSPS) is 23.1. The molecular formula is C14H22ClN3O2S. The lowest BCUT2D eigenvalue weighted by molar-refractivity contribution is -0.136. The number of nitrogens with zero attached hydrogens (tertiary/aromatic N) is 1. The Kier molecular flexibility index (Phi) is 6.64. The monoisotopic (exact) mass is 331 g/mol. The Hall–Kier alpha value is -1.11. The average Bonchev–Trinajstić information content (AvgIpc) is 2.95. The Balaban J connectivity index is 0.00000220. The number of nitrogens with one attached hydrogen (secondary N) is 2. The van der Waals surface area contributed by atoms with Crippen LogP contribution in [-0.2, 0) is 4.79 Å². The molecule has 7 heteroatoms. The van der Waals surface area contributed by atoms with Crippen molar-refractivity contribution in [1.29, 1.82) is 0 Å². The van der Waals surface area contributed by atoms with Gasteiger partial charge in [0, 0.05) is 25.2 Å². The Labute approximate surface area is 135 Å². The molecule has 2 rings (SSSR count). The third kappa shape index (κ3) is 4.18. The molecule has 1 fully saturated rings. The standard InChI is InChI=1S/C14H21N3O2S.ClH/c1-9-11(3)17(7-6-15-9)14(19)10(2)16-13(18)12-5-4-8-20-12;/h4-5,8-11,15H,6-7H2,1-3H3,(H,16,18);1H. The van der Waals surface area contributed by atoms with E-state index in [1.54, 1.807) is 13.0 Å². The second-order valence-electron chi connectivity index (χ2n) is 5.19. The van der Waals surface area contributed by atoms with E-state index in [1.807, 2.05) is 23.3 Å². The number of amides is 2. The van der Waals surface area contributed by atoms with Gasteiger partial charge in [-0.2, -0.15) is 0 Å². The molecule has 0 aliphatic carbocycles. The van der Waals surface area contributed by atoms with Gasteiger partial charge in [-0.3, -0.25) is 9.59 Å². The van der Waals surface area contributed by atoms with E-state index in [1.165, 1.54) is 11.3 Å². The molecule has 0 radical (unpaired) electrons. The molecule has 2 amide bonds. The number of hydrogen-bond acceptors (Lipinski definition) is 4. The van der Waals surface area contributed by atoms with E-state index in [2.05, 4.69) is 17.6 Å². The van der Waals surface area contributed by atoms with Crippen LogP contribution in [0.3, 0.4) is 0 Å². The molecule has 3 unspecified atom stereocenters. The fourth-order valence-electron chi connectivity index (χ4n) is 2.35. The summed E-state index contributed by atoms with van der Waals surface area (Å²) < 4.78 is 0. The highest BCUT2D eigenvalue weighted by Gasteiger charge is 2.31. The topological polar surface area (TPSA) is 61.4 Å². The molecule has 0 aromatic carbocycles. The van der Waals surface area contributed by atoms with Crippen molar-refractivity contribution >= 4 is 35.6 Å². The minimum Gasteiger partial charge on any atom is -0.340 e. The van der Waals surface area contributed by atoms with Gasteiger partial charge in [0.2, 0.25) is 5.91 Å². The Morgan fingerprint density at radius 3 is 2.81 bits per heavy atom. The molecule has 0 spiro atoms. The quantitative estimate of drug-likeness (QED) is 0.882. The predicted molar refractivity (Wildman–Crippen MR) is 87.1 cm³/mol. The molecule has 0 saturated carbocycles. The van der Waals surface area contributed by atoms with Gasteiger partial charge >= 0.3 is 0 Å². The van der Waals surface area contributed by atoms with Crippen LogP contribution in [0.4, 0.5) is 0 Å². The highest BCUT2D eigenvalue weighted by molar-refractivity contribution is 7.12. The molecule has 1 aliphatic rings. The van der Waals surface area contributed by atoms with Crippen molar-refractivity contribution in [2.24, 2.45) is 0 Å². The van der Waals surface area contributed by atoms with Gasteiger partial charge < -0.3 is 15.5 Å². The molecule has 5 nitrogen and oxygen atoms in total. The lowest BCUT2D eigenvalue weighted by atomic mass is 10.1. The van der Waals surface area contributed by atoms with Crippen LogP contribution < -0.4 is 10.6 Å². The smallest absolute Gasteiger partial charge is 0.261 e. The van der Waals surface area contributed by atoms with Gasteiger partial charge in [-0.1, -0.05) is 6.07 Å². The molecule has 0 bridgehead atoms. The minimum absolute atomic E-state index is 0. The van der Waals surface area contributed by atoms with Gasteiger partial charge in [0.1, 0.15) is 6.04 Å². The molecule has 21 heavy (non-hydrogen) atoms. The van der Waals surface area contributed by atoms with Crippen molar-refractivity contribution in [2.45, 2.75) is 38.9 Å². The van der Waals surface area contributed by atoms with Crippen molar-refractivity contribution in [2.75, 3.05) is 13.1 Å². The maximum absolute atomic E-state index is 12.4. The maximum atomic E-state index is 12.4. The summed E-state index contributed by atoms with van der Waals surface area (Å²) in [6, 6.07) is 3.49. The molecule has 2 N–H and O–H groups in total. The molecule has 1 aromatic heterocycles. The van der Waals surface area contributed by atoms with Crippen LogP contribution >= 0.6 is 23.7 Å². The van der Waals surface area contributed by atoms with Crippen LogP contribution in [-0.4, -0.2) is 47.9 Å². The summed E-state index contributed by atoms with van der Waals surface area (Å²) >= 11 is 1.37.